The number of aryl methyl sites for hydroxylation is 1. The van der Waals surface area contributed by atoms with Gasteiger partial charge in [0.1, 0.15) is 0 Å². The topological polar surface area (TPSA) is 52.3 Å². The number of nitrogens with two attached hydrogens (primary N) is 1. The largest absolute Gasteiger partial charge is 0.459 e. The van der Waals surface area contributed by atoms with Crippen LogP contribution in [0.5, 0.6) is 0 Å². The van der Waals surface area contributed by atoms with Gasteiger partial charge in [0.05, 0.1) is 11.7 Å². The molecule has 0 aliphatic rings. The first-order valence-corrected chi connectivity index (χ1v) is 5.12. The normalized spacial score (nSPS) is 12.2. The summed E-state index contributed by atoms with van der Waals surface area (Å²) in [6.07, 6.45) is 0.730. The van der Waals surface area contributed by atoms with Crippen molar-refractivity contribution in [1.82, 2.24) is 0 Å². The SMILES string of the molecule is CCC(C)OC(=O)c1c(C)cccc1N. The van der Waals surface area contributed by atoms with Crippen LogP contribution in [0.15, 0.2) is 18.2 Å². The van der Waals surface area contributed by atoms with E-state index in [1.807, 2.05) is 32.9 Å². The predicted octanol–water partition coefficient (Wildman–Crippen LogP) is 2.53. The summed E-state index contributed by atoms with van der Waals surface area (Å²) >= 11 is 0. The van der Waals surface area contributed by atoms with Gasteiger partial charge in [-0.15, -0.1) is 0 Å². The maximum Gasteiger partial charge on any atom is 0.340 e. The van der Waals surface area contributed by atoms with Gasteiger partial charge in [0.25, 0.3) is 0 Å². The monoisotopic (exact) mass is 207 g/mol. The van der Waals surface area contributed by atoms with Crippen LogP contribution in [0.4, 0.5) is 5.69 Å². The minimum atomic E-state index is -0.333. The third-order valence-electron chi connectivity index (χ3n) is 2.39. The summed E-state index contributed by atoms with van der Waals surface area (Å²) in [7, 11) is 0. The Hall–Kier alpha value is -1.51. The number of rotatable bonds is 3. The Kier molecular flexibility index (Phi) is 3.72. The maximum atomic E-state index is 11.8. The quantitative estimate of drug-likeness (QED) is 0.612. The molecule has 1 aromatic carbocycles. The van der Waals surface area contributed by atoms with Gasteiger partial charge in [0.15, 0.2) is 0 Å². The van der Waals surface area contributed by atoms with Crippen molar-refractivity contribution in [3.63, 3.8) is 0 Å². The van der Waals surface area contributed by atoms with Crippen molar-refractivity contribution in [2.75, 3.05) is 5.73 Å². The molecule has 0 aliphatic carbocycles. The zero-order valence-electron chi connectivity index (χ0n) is 9.41. The van der Waals surface area contributed by atoms with Crippen molar-refractivity contribution < 1.29 is 9.53 Å². The summed E-state index contributed by atoms with van der Waals surface area (Å²) in [4.78, 5) is 11.8. The number of carbonyl (C=O) groups is 1. The molecule has 0 aromatic heterocycles. The Balaban J connectivity index is 2.91. The molecule has 1 rings (SSSR count). The average Bonchev–Trinajstić information content (AvgIpc) is 2.17. The minimum Gasteiger partial charge on any atom is -0.459 e. The number of anilines is 1. The van der Waals surface area contributed by atoms with Crippen molar-refractivity contribution in [2.45, 2.75) is 33.3 Å². The van der Waals surface area contributed by atoms with E-state index in [-0.39, 0.29) is 12.1 Å². The standard InChI is InChI=1S/C12H17NO2/c1-4-9(3)15-12(14)11-8(2)6-5-7-10(11)13/h5-7,9H,4,13H2,1-3H3. The smallest absolute Gasteiger partial charge is 0.340 e. The van der Waals surface area contributed by atoms with Gasteiger partial charge in [0.2, 0.25) is 0 Å². The summed E-state index contributed by atoms with van der Waals surface area (Å²) in [6.45, 7) is 5.69. The molecule has 15 heavy (non-hydrogen) atoms. The van der Waals surface area contributed by atoms with Crippen molar-refractivity contribution >= 4 is 11.7 Å². The third kappa shape index (κ3) is 2.72. The van der Waals surface area contributed by atoms with Crippen LogP contribution in [0.2, 0.25) is 0 Å². The number of carbonyl (C=O) groups excluding carboxylic acids is 1. The van der Waals surface area contributed by atoms with E-state index in [9.17, 15) is 4.79 Å². The molecule has 0 aliphatic heterocycles. The molecule has 82 valence electrons. The summed E-state index contributed by atoms with van der Waals surface area (Å²) in [5.41, 5.74) is 7.55. The van der Waals surface area contributed by atoms with Crippen LogP contribution in [0.25, 0.3) is 0 Å². The third-order valence-corrected chi connectivity index (χ3v) is 2.39. The van der Waals surface area contributed by atoms with E-state index in [0.29, 0.717) is 11.3 Å². The highest BCUT2D eigenvalue weighted by Crippen LogP contribution is 2.18. The second kappa shape index (κ2) is 4.82. The lowest BCUT2D eigenvalue weighted by atomic mass is 10.1. The van der Waals surface area contributed by atoms with Crippen LogP contribution < -0.4 is 5.73 Å². The molecule has 1 atom stereocenters. The highest BCUT2D eigenvalue weighted by molar-refractivity contribution is 5.96. The Labute approximate surface area is 90.2 Å². The van der Waals surface area contributed by atoms with Crippen molar-refractivity contribution in [3.8, 4) is 0 Å². The zero-order chi connectivity index (χ0) is 11.4. The van der Waals surface area contributed by atoms with E-state index in [0.717, 1.165) is 12.0 Å². The predicted molar refractivity (Wildman–Crippen MR) is 60.8 cm³/mol. The first kappa shape index (κ1) is 11.6. The Morgan fingerprint density at radius 2 is 2.20 bits per heavy atom. The lowest BCUT2D eigenvalue weighted by molar-refractivity contribution is 0.0335. The molecule has 1 aromatic rings. The van der Waals surface area contributed by atoms with Gasteiger partial charge in [-0.25, -0.2) is 4.79 Å². The maximum absolute atomic E-state index is 11.8. The molecule has 3 nitrogen and oxygen atoms in total. The Morgan fingerprint density at radius 3 is 2.73 bits per heavy atom. The van der Waals surface area contributed by atoms with E-state index < -0.39 is 0 Å². The van der Waals surface area contributed by atoms with Crippen LogP contribution in [0, 0.1) is 6.92 Å². The average molecular weight is 207 g/mol. The highest BCUT2D eigenvalue weighted by Gasteiger charge is 2.15. The number of benzene rings is 1. The number of nitrogen functional groups attached to an aromatic ring is 1. The lowest BCUT2D eigenvalue weighted by Crippen LogP contribution is -2.16. The Morgan fingerprint density at radius 1 is 1.53 bits per heavy atom. The molecule has 2 N–H and O–H groups in total. The van der Waals surface area contributed by atoms with Crippen LogP contribution in [-0.4, -0.2) is 12.1 Å². The van der Waals surface area contributed by atoms with E-state index >= 15 is 0 Å². The molecule has 0 heterocycles. The summed E-state index contributed by atoms with van der Waals surface area (Å²) < 4.78 is 5.23. The molecule has 0 radical (unpaired) electrons. The molecule has 1 unspecified atom stereocenters. The minimum absolute atomic E-state index is 0.0727. The van der Waals surface area contributed by atoms with E-state index in [4.69, 9.17) is 10.5 Å². The molecule has 0 bridgehead atoms. The second-order valence-electron chi connectivity index (χ2n) is 3.66. The van der Waals surface area contributed by atoms with Crippen LogP contribution >= 0.6 is 0 Å². The highest BCUT2D eigenvalue weighted by atomic mass is 16.5. The van der Waals surface area contributed by atoms with Crippen LogP contribution in [0.1, 0.15) is 36.2 Å². The van der Waals surface area contributed by atoms with Crippen molar-refractivity contribution in [3.05, 3.63) is 29.3 Å². The lowest BCUT2D eigenvalue weighted by Gasteiger charge is -2.13. The zero-order valence-corrected chi connectivity index (χ0v) is 9.41. The van der Waals surface area contributed by atoms with E-state index in [1.54, 1.807) is 6.07 Å². The number of hydrogen-bond acceptors (Lipinski definition) is 3. The van der Waals surface area contributed by atoms with Crippen molar-refractivity contribution in [2.24, 2.45) is 0 Å². The van der Waals surface area contributed by atoms with Gasteiger partial charge in [-0.05, 0) is 31.9 Å². The number of hydrogen-bond donors (Lipinski definition) is 1. The molecule has 0 amide bonds. The molecule has 0 saturated heterocycles. The second-order valence-corrected chi connectivity index (χ2v) is 3.66. The van der Waals surface area contributed by atoms with Gasteiger partial charge >= 0.3 is 5.97 Å². The van der Waals surface area contributed by atoms with Crippen LogP contribution in [0.3, 0.4) is 0 Å². The molecular weight excluding hydrogens is 190 g/mol. The first-order valence-electron chi connectivity index (χ1n) is 5.12. The Bertz CT molecular complexity index is 340. The molecular formula is C12H17NO2. The van der Waals surface area contributed by atoms with Gasteiger partial charge in [-0.2, -0.15) is 0 Å². The fourth-order valence-electron chi connectivity index (χ4n) is 1.29. The summed E-state index contributed by atoms with van der Waals surface area (Å²) in [5, 5.41) is 0. The molecule has 0 saturated carbocycles. The molecule has 0 spiro atoms. The molecule has 0 fully saturated rings. The number of esters is 1. The van der Waals surface area contributed by atoms with Gasteiger partial charge < -0.3 is 10.5 Å². The fraction of sp³-hybridized carbons (Fsp3) is 0.417. The molecule has 3 heteroatoms. The van der Waals surface area contributed by atoms with Gasteiger partial charge in [0, 0.05) is 5.69 Å². The van der Waals surface area contributed by atoms with E-state index in [1.165, 1.54) is 0 Å². The van der Waals surface area contributed by atoms with Crippen LogP contribution in [-0.2, 0) is 4.74 Å². The summed E-state index contributed by atoms with van der Waals surface area (Å²) in [5.74, 6) is -0.333. The van der Waals surface area contributed by atoms with Crippen molar-refractivity contribution in [1.29, 1.82) is 0 Å². The van der Waals surface area contributed by atoms with Gasteiger partial charge in [-0.3, -0.25) is 0 Å². The number of ether oxygens (including phenoxy) is 1. The fourth-order valence-corrected chi connectivity index (χ4v) is 1.29. The summed E-state index contributed by atoms with van der Waals surface area (Å²) in [6, 6.07) is 5.38. The first-order chi connectivity index (χ1) is 7.06. The van der Waals surface area contributed by atoms with E-state index in [2.05, 4.69) is 0 Å². The van der Waals surface area contributed by atoms with Gasteiger partial charge in [-0.1, -0.05) is 19.1 Å².